The number of nitrogens with zero attached hydrogens (tertiary/aromatic N) is 1. The zero-order valence-corrected chi connectivity index (χ0v) is 23.9. The van der Waals surface area contributed by atoms with E-state index in [0.717, 1.165) is 11.8 Å². The number of sulfonamides is 2. The molecule has 0 fully saturated rings. The second-order valence-corrected chi connectivity index (χ2v) is 14.2. The van der Waals surface area contributed by atoms with Crippen LogP contribution in [0.5, 0.6) is 0 Å². The van der Waals surface area contributed by atoms with Gasteiger partial charge in [-0.25, -0.2) is 31.3 Å². The van der Waals surface area contributed by atoms with E-state index < -0.39 is 25.6 Å². The number of aromatic nitrogens is 1. The Morgan fingerprint density at radius 3 is 2.16 bits per heavy atom. The lowest BCUT2D eigenvalue weighted by atomic mass is 10.1. The summed E-state index contributed by atoms with van der Waals surface area (Å²) < 4.78 is 55.0. The van der Waals surface area contributed by atoms with Crippen LogP contribution in [0.3, 0.4) is 0 Å². The number of carbonyl (C=O) groups excluding carboxylic acids is 1. The maximum atomic E-state index is 13.3. The Morgan fingerprint density at radius 1 is 0.973 bits per heavy atom. The molecule has 2 aromatic carbocycles. The van der Waals surface area contributed by atoms with E-state index in [1.807, 2.05) is 26.0 Å². The number of hydrogen-bond acceptors (Lipinski definition) is 7. The second-order valence-electron chi connectivity index (χ2n) is 9.80. The maximum Gasteiger partial charge on any atom is 0.319 e. The first-order chi connectivity index (χ1) is 17.0. The van der Waals surface area contributed by atoms with Crippen LogP contribution in [0.25, 0.3) is 21.0 Å². The van der Waals surface area contributed by atoms with Gasteiger partial charge in [-0.2, -0.15) is 0 Å². The lowest BCUT2D eigenvalue weighted by Crippen LogP contribution is -2.40. The first-order valence-electron chi connectivity index (χ1n) is 11.3. The van der Waals surface area contributed by atoms with Crippen LogP contribution in [0.2, 0.25) is 0 Å². The molecule has 0 unspecified atom stereocenters. The molecule has 1 aromatic heterocycles. The van der Waals surface area contributed by atoms with Gasteiger partial charge in [0.2, 0.25) is 20.0 Å². The predicted molar refractivity (Wildman–Crippen MR) is 149 cm³/mol. The van der Waals surface area contributed by atoms with Crippen molar-refractivity contribution in [1.82, 2.24) is 15.0 Å². The highest BCUT2D eigenvalue weighted by Crippen LogP contribution is 2.37. The molecule has 37 heavy (non-hydrogen) atoms. The fourth-order valence-electron chi connectivity index (χ4n) is 3.34. The molecule has 0 saturated heterocycles. The number of hydrogen-bond donors (Lipinski definition) is 4. The quantitative estimate of drug-likeness (QED) is 0.317. The minimum absolute atomic E-state index is 0.0107. The highest BCUT2D eigenvalue weighted by atomic mass is 32.2. The summed E-state index contributed by atoms with van der Waals surface area (Å²) in [5, 5.41) is 6.16. The molecule has 0 aliphatic rings. The Bertz CT molecular complexity index is 1490. The van der Waals surface area contributed by atoms with Crippen LogP contribution in [0, 0.1) is 0 Å². The van der Waals surface area contributed by atoms with E-state index in [1.165, 1.54) is 23.5 Å². The maximum absolute atomic E-state index is 13.3. The third kappa shape index (κ3) is 8.25. The number of amides is 2. The summed E-state index contributed by atoms with van der Waals surface area (Å²) in [6.07, 6.45) is 2.58. The molecule has 1 heterocycles. The van der Waals surface area contributed by atoms with Crippen LogP contribution in [0.1, 0.15) is 34.6 Å². The van der Waals surface area contributed by atoms with Gasteiger partial charge >= 0.3 is 6.03 Å². The van der Waals surface area contributed by atoms with Crippen molar-refractivity contribution in [3.8, 4) is 21.0 Å². The number of rotatable bonds is 8. The van der Waals surface area contributed by atoms with E-state index in [4.69, 9.17) is 0 Å². The monoisotopic (exact) mass is 565 g/mol. The van der Waals surface area contributed by atoms with Crippen molar-refractivity contribution in [2.45, 2.75) is 51.1 Å². The van der Waals surface area contributed by atoms with E-state index in [2.05, 4.69) is 25.1 Å². The van der Waals surface area contributed by atoms with Crippen molar-refractivity contribution in [2.75, 3.05) is 16.3 Å². The first kappa shape index (κ1) is 28.6. The Hall–Kier alpha value is -3.00. The van der Waals surface area contributed by atoms with Crippen LogP contribution < -0.4 is 20.1 Å². The number of nitrogens with one attached hydrogen (secondary N) is 4. The molecule has 0 spiro atoms. The molecule has 3 rings (SSSR count). The molecule has 0 radical (unpaired) electrons. The van der Waals surface area contributed by atoms with Gasteiger partial charge in [0.05, 0.1) is 16.0 Å². The predicted octanol–water partition coefficient (Wildman–Crippen LogP) is 4.46. The molecule has 13 heteroatoms. The third-order valence-corrected chi connectivity index (χ3v) is 8.08. The smallest absolute Gasteiger partial charge is 0.319 e. The summed E-state index contributed by atoms with van der Waals surface area (Å²) in [4.78, 5) is 16.9. The third-order valence-electron chi connectivity index (χ3n) is 4.60. The van der Waals surface area contributed by atoms with Crippen molar-refractivity contribution < 1.29 is 21.6 Å². The Balaban J connectivity index is 1.96. The average Bonchev–Trinajstić information content (AvgIpc) is 3.21. The number of carbonyl (C=O) groups is 1. The number of urea groups is 1. The highest BCUT2D eigenvalue weighted by molar-refractivity contribution is 7.92. The van der Waals surface area contributed by atoms with Crippen molar-refractivity contribution in [1.29, 1.82) is 0 Å². The van der Waals surface area contributed by atoms with Crippen LogP contribution in [0.4, 0.5) is 16.2 Å². The van der Waals surface area contributed by atoms with Crippen molar-refractivity contribution in [3.05, 3.63) is 48.7 Å². The highest BCUT2D eigenvalue weighted by Gasteiger charge is 2.26. The average molecular weight is 566 g/mol. The van der Waals surface area contributed by atoms with Crippen LogP contribution in [-0.4, -0.2) is 45.7 Å². The fraction of sp³-hybridized carbons (Fsp3) is 0.333. The van der Waals surface area contributed by atoms with Crippen molar-refractivity contribution in [2.24, 2.45) is 0 Å². The summed E-state index contributed by atoms with van der Waals surface area (Å²) >= 11 is 1.29. The van der Waals surface area contributed by atoms with E-state index >= 15 is 0 Å². The van der Waals surface area contributed by atoms with Crippen molar-refractivity contribution >= 4 is 48.8 Å². The van der Waals surface area contributed by atoms with Gasteiger partial charge < -0.3 is 10.6 Å². The molecule has 2 amide bonds. The molecule has 0 aliphatic carbocycles. The largest absolute Gasteiger partial charge is 0.336 e. The SMILES string of the molecule is CC(C)NC(=O)Nc1ccc(-c2ncc(-c3ccc(NS(C)(=O)=O)cc3S(=O)(=O)NC(C)(C)C)s2)cc1. The zero-order chi connectivity index (χ0) is 27.6. The summed E-state index contributed by atoms with van der Waals surface area (Å²) in [7, 11) is -7.61. The van der Waals surface area contributed by atoms with Gasteiger partial charge in [-0.15, -0.1) is 11.3 Å². The molecule has 200 valence electrons. The van der Waals surface area contributed by atoms with E-state index in [9.17, 15) is 21.6 Å². The summed E-state index contributed by atoms with van der Waals surface area (Å²) in [6.45, 7) is 8.90. The standard InChI is InChI=1S/C24H31N5O5S3/c1-15(2)26-23(30)27-17-9-7-16(8-10-17)22-25-14-20(35-22)19-12-11-18(28-36(6,31)32)13-21(19)37(33,34)29-24(3,4)5/h7-15,28-29H,1-6H3,(H2,26,27,30). The molecule has 0 aliphatic heterocycles. The molecule has 0 bridgehead atoms. The fourth-order valence-corrected chi connectivity index (χ4v) is 6.59. The molecule has 0 atom stereocenters. The number of benzene rings is 2. The minimum atomic E-state index is -4.01. The molecular formula is C24H31N5O5S3. The van der Waals surface area contributed by atoms with Gasteiger partial charge in [0, 0.05) is 40.3 Å². The van der Waals surface area contributed by atoms with Gasteiger partial charge in [-0.1, -0.05) is 6.07 Å². The Kier molecular flexibility index (Phi) is 8.32. The van der Waals surface area contributed by atoms with Gasteiger partial charge in [0.25, 0.3) is 0 Å². The minimum Gasteiger partial charge on any atom is -0.336 e. The van der Waals surface area contributed by atoms with E-state index in [-0.39, 0.29) is 22.7 Å². The normalized spacial score (nSPS) is 12.4. The lowest BCUT2D eigenvalue weighted by Gasteiger charge is -2.22. The Labute approximate surface area is 222 Å². The van der Waals surface area contributed by atoms with Gasteiger partial charge in [-0.05, 0) is 71.0 Å². The second kappa shape index (κ2) is 10.8. The van der Waals surface area contributed by atoms with E-state index in [1.54, 1.807) is 45.2 Å². The van der Waals surface area contributed by atoms with E-state index in [0.29, 0.717) is 21.1 Å². The summed E-state index contributed by atoms with van der Waals surface area (Å²) in [5.41, 5.74) is 1.18. The molecular weight excluding hydrogens is 534 g/mol. The van der Waals surface area contributed by atoms with Gasteiger partial charge in [0.15, 0.2) is 0 Å². The molecule has 0 saturated carbocycles. The van der Waals surface area contributed by atoms with Crippen molar-refractivity contribution in [3.63, 3.8) is 0 Å². The number of anilines is 2. The van der Waals surface area contributed by atoms with Crippen LogP contribution >= 0.6 is 11.3 Å². The van der Waals surface area contributed by atoms with Gasteiger partial charge in [-0.3, -0.25) is 4.72 Å². The summed E-state index contributed by atoms with van der Waals surface area (Å²) in [6, 6.07) is 11.2. The topological polar surface area (TPSA) is 146 Å². The van der Waals surface area contributed by atoms with Gasteiger partial charge in [0.1, 0.15) is 5.01 Å². The van der Waals surface area contributed by atoms with Crippen LogP contribution in [0.15, 0.2) is 53.6 Å². The Morgan fingerprint density at radius 2 is 1.59 bits per heavy atom. The molecule has 3 aromatic rings. The summed E-state index contributed by atoms with van der Waals surface area (Å²) in [5.74, 6) is 0. The zero-order valence-electron chi connectivity index (χ0n) is 21.4. The first-order valence-corrected chi connectivity index (χ1v) is 15.5. The lowest BCUT2D eigenvalue weighted by molar-refractivity contribution is 0.250. The van der Waals surface area contributed by atoms with Crippen LogP contribution in [-0.2, 0) is 20.0 Å². The number of thiazole rings is 1. The molecule has 10 nitrogen and oxygen atoms in total. The molecule has 4 N–H and O–H groups in total.